The van der Waals surface area contributed by atoms with Crippen molar-refractivity contribution in [3.8, 4) is 11.5 Å². The number of ether oxygens (including phenoxy) is 2. The van der Waals surface area contributed by atoms with Crippen LogP contribution in [0, 0.1) is 6.57 Å². The van der Waals surface area contributed by atoms with Crippen LogP contribution in [0.15, 0.2) is 12.4 Å². The topological polar surface area (TPSA) is 35.7 Å². The number of aromatic nitrogens is 1. The maximum absolute atomic E-state index is 6.78. The Bertz CT molecular complexity index is 309. The lowest BCUT2D eigenvalue weighted by atomic mass is 10.2. The molecule has 0 aliphatic carbocycles. The zero-order valence-electron chi connectivity index (χ0n) is 7.57. The van der Waals surface area contributed by atoms with E-state index in [4.69, 9.17) is 16.0 Å². The van der Waals surface area contributed by atoms with E-state index in [1.54, 1.807) is 26.6 Å². The van der Waals surface area contributed by atoms with Crippen molar-refractivity contribution in [2.45, 2.75) is 6.54 Å². The quantitative estimate of drug-likeness (QED) is 0.658. The van der Waals surface area contributed by atoms with Gasteiger partial charge < -0.3 is 14.3 Å². The van der Waals surface area contributed by atoms with Gasteiger partial charge in [0.1, 0.15) is 5.56 Å². The van der Waals surface area contributed by atoms with Crippen LogP contribution in [0.1, 0.15) is 5.56 Å². The van der Waals surface area contributed by atoms with Crippen molar-refractivity contribution in [2.75, 3.05) is 14.2 Å². The number of methoxy groups -OCH3 is 2. The van der Waals surface area contributed by atoms with Crippen molar-refractivity contribution in [2.24, 2.45) is 0 Å². The molecule has 0 N–H and O–H groups in total. The fraction of sp³-hybridized carbons (Fsp3) is 0.333. The van der Waals surface area contributed by atoms with Crippen LogP contribution in [0.5, 0.6) is 11.5 Å². The number of hydrogen-bond acceptors (Lipinski definition) is 3. The van der Waals surface area contributed by atoms with Gasteiger partial charge in [-0.3, -0.25) is 4.98 Å². The second-order valence-corrected chi connectivity index (χ2v) is 2.34. The van der Waals surface area contributed by atoms with E-state index in [1.165, 1.54) is 0 Å². The number of nitrogens with zero attached hydrogens (tertiary/aromatic N) is 2. The second kappa shape index (κ2) is 4.31. The Morgan fingerprint density at radius 1 is 1.31 bits per heavy atom. The maximum atomic E-state index is 6.78. The molecule has 1 heterocycles. The Kier molecular flexibility index (Phi) is 3.09. The van der Waals surface area contributed by atoms with E-state index in [0.29, 0.717) is 11.5 Å². The molecular formula is C9H10N2O2. The average molecular weight is 178 g/mol. The molecule has 4 nitrogen and oxygen atoms in total. The van der Waals surface area contributed by atoms with Crippen LogP contribution < -0.4 is 9.47 Å². The fourth-order valence-electron chi connectivity index (χ4n) is 1.04. The predicted octanol–water partition coefficient (Wildman–Crippen LogP) is 1.52. The average Bonchev–Trinajstić information content (AvgIpc) is 2.18. The molecule has 1 aromatic heterocycles. The van der Waals surface area contributed by atoms with Gasteiger partial charge in [-0.25, -0.2) is 6.57 Å². The van der Waals surface area contributed by atoms with Crippen LogP contribution in [-0.2, 0) is 6.54 Å². The Hall–Kier alpha value is -1.76. The fourth-order valence-corrected chi connectivity index (χ4v) is 1.04. The van der Waals surface area contributed by atoms with E-state index in [2.05, 4.69) is 9.83 Å². The van der Waals surface area contributed by atoms with E-state index >= 15 is 0 Å². The van der Waals surface area contributed by atoms with E-state index in [1.807, 2.05) is 0 Å². The molecule has 0 spiro atoms. The summed E-state index contributed by atoms with van der Waals surface area (Å²) in [6, 6.07) is 0. The lowest BCUT2D eigenvalue weighted by Gasteiger charge is -2.07. The Labute approximate surface area is 76.9 Å². The van der Waals surface area contributed by atoms with Crippen LogP contribution in [0.2, 0.25) is 0 Å². The molecular weight excluding hydrogens is 168 g/mol. The Balaban J connectivity index is 3.14. The third kappa shape index (κ3) is 1.88. The van der Waals surface area contributed by atoms with Gasteiger partial charge >= 0.3 is 0 Å². The Morgan fingerprint density at radius 3 is 2.23 bits per heavy atom. The molecule has 0 saturated carbocycles. The summed E-state index contributed by atoms with van der Waals surface area (Å²) in [5.41, 5.74) is 0.745. The first-order valence-corrected chi connectivity index (χ1v) is 3.71. The smallest absolute Gasteiger partial charge is 0.247 e. The standard InChI is InChI=1S/C9H10N2O2/c1-10-4-7-8(12-2)5-11-6-9(7)13-3/h5-6H,4H2,2-3H3. The second-order valence-electron chi connectivity index (χ2n) is 2.34. The van der Waals surface area contributed by atoms with Gasteiger partial charge in [0.15, 0.2) is 11.5 Å². The van der Waals surface area contributed by atoms with E-state index in [-0.39, 0.29) is 6.54 Å². The molecule has 0 atom stereocenters. The summed E-state index contributed by atoms with van der Waals surface area (Å²) < 4.78 is 10.1. The lowest BCUT2D eigenvalue weighted by Crippen LogP contribution is -1.96. The number of hydrogen-bond donors (Lipinski definition) is 0. The number of pyridine rings is 1. The van der Waals surface area contributed by atoms with Gasteiger partial charge in [0.2, 0.25) is 6.54 Å². The molecule has 0 bridgehead atoms. The summed E-state index contributed by atoms with van der Waals surface area (Å²) in [4.78, 5) is 7.20. The van der Waals surface area contributed by atoms with Gasteiger partial charge in [0, 0.05) is 0 Å². The first-order chi connectivity index (χ1) is 6.33. The van der Waals surface area contributed by atoms with Crippen molar-refractivity contribution >= 4 is 0 Å². The van der Waals surface area contributed by atoms with Crippen molar-refractivity contribution in [3.63, 3.8) is 0 Å². The minimum atomic E-state index is 0.245. The van der Waals surface area contributed by atoms with Crippen LogP contribution in [0.4, 0.5) is 0 Å². The molecule has 1 aromatic rings. The molecule has 4 heteroatoms. The summed E-state index contributed by atoms with van der Waals surface area (Å²) >= 11 is 0. The van der Waals surface area contributed by atoms with E-state index in [0.717, 1.165) is 5.56 Å². The summed E-state index contributed by atoms with van der Waals surface area (Å²) in [5.74, 6) is 1.19. The molecule has 0 aliphatic rings. The SMILES string of the molecule is [C-]#[N+]Cc1c(OC)cncc1OC. The first kappa shape index (κ1) is 9.33. The first-order valence-electron chi connectivity index (χ1n) is 3.71. The molecule has 13 heavy (non-hydrogen) atoms. The van der Waals surface area contributed by atoms with Crippen LogP contribution in [0.3, 0.4) is 0 Å². The van der Waals surface area contributed by atoms with Gasteiger partial charge in [-0.15, -0.1) is 0 Å². The molecule has 0 aliphatic heterocycles. The Morgan fingerprint density at radius 2 is 1.85 bits per heavy atom. The minimum Gasteiger partial charge on any atom is -0.494 e. The largest absolute Gasteiger partial charge is 0.494 e. The monoisotopic (exact) mass is 178 g/mol. The summed E-state index contributed by atoms with van der Waals surface area (Å²) in [7, 11) is 3.09. The van der Waals surface area contributed by atoms with E-state index < -0.39 is 0 Å². The third-order valence-corrected chi connectivity index (χ3v) is 1.66. The molecule has 0 amide bonds. The lowest BCUT2D eigenvalue weighted by molar-refractivity contribution is 0.383. The zero-order valence-corrected chi connectivity index (χ0v) is 7.57. The molecule has 0 fully saturated rings. The van der Waals surface area contributed by atoms with Crippen LogP contribution >= 0.6 is 0 Å². The van der Waals surface area contributed by atoms with Gasteiger partial charge in [-0.05, 0) is 0 Å². The third-order valence-electron chi connectivity index (χ3n) is 1.66. The normalized spacial score (nSPS) is 9.00. The molecule has 0 unspecified atom stereocenters. The molecule has 0 aromatic carbocycles. The summed E-state index contributed by atoms with van der Waals surface area (Å²) in [5, 5.41) is 0. The highest BCUT2D eigenvalue weighted by atomic mass is 16.5. The van der Waals surface area contributed by atoms with Crippen molar-refractivity contribution < 1.29 is 9.47 Å². The van der Waals surface area contributed by atoms with E-state index in [9.17, 15) is 0 Å². The predicted molar refractivity (Wildman–Crippen MR) is 47.6 cm³/mol. The van der Waals surface area contributed by atoms with Crippen molar-refractivity contribution in [1.82, 2.24) is 4.98 Å². The van der Waals surface area contributed by atoms with Crippen LogP contribution in [0.25, 0.3) is 4.85 Å². The molecule has 0 radical (unpaired) electrons. The molecule has 68 valence electrons. The zero-order chi connectivity index (χ0) is 9.68. The highest BCUT2D eigenvalue weighted by molar-refractivity contribution is 5.42. The molecule has 0 saturated heterocycles. The number of rotatable bonds is 3. The van der Waals surface area contributed by atoms with Crippen molar-refractivity contribution in [3.05, 3.63) is 29.4 Å². The van der Waals surface area contributed by atoms with Crippen molar-refractivity contribution in [1.29, 1.82) is 0 Å². The maximum Gasteiger partial charge on any atom is 0.247 e. The van der Waals surface area contributed by atoms with Crippen LogP contribution in [-0.4, -0.2) is 19.2 Å². The van der Waals surface area contributed by atoms with Gasteiger partial charge in [-0.1, -0.05) is 0 Å². The van der Waals surface area contributed by atoms with Gasteiger partial charge in [-0.2, -0.15) is 0 Å². The summed E-state index contributed by atoms with van der Waals surface area (Å²) in [6.45, 7) is 7.02. The molecule has 1 rings (SSSR count). The minimum absolute atomic E-state index is 0.245. The summed E-state index contributed by atoms with van der Waals surface area (Å²) in [6.07, 6.45) is 3.14. The van der Waals surface area contributed by atoms with Gasteiger partial charge in [0.25, 0.3) is 0 Å². The van der Waals surface area contributed by atoms with Gasteiger partial charge in [0.05, 0.1) is 26.6 Å². The highest BCUT2D eigenvalue weighted by Gasteiger charge is 2.12. The highest BCUT2D eigenvalue weighted by Crippen LogP contribution is 2.27.